The number of hydrogen-bond acceptors (Lipinski definition) is 5. The summed E-state index contributed by atoms with van der Waals surface area (Å²) in [7, 11) is 0. The van der Waals surface area contributed by atoms with Gasteiger partial charge in [-0.2, -0.15) is 0 Å². The Balaban J connectivity index is 2.82. The molecule has 1 atom stereocenters. The summed E-state index contributed by atoms with van der Waals surface area (Å²) in [4.78, 5) is 36.2. The predicted octanol–water partition coefficient (Wildman–Crippen LogP) is 1.25. The number of dihydropyridines is 1. The summed E-state index contributed by atoms with van der Waals surface area (Å²) in [5, 5.41) is 10.8. The Kier molecular flexibility index (Phi) is 4.70. The summed E-state index contributed by atoms with van der Waals surface area (Å²) in [5.41, 5.74) is 0.288. The number of carbonyl (C=O) groups is 2. The smallest absolute Gasteiger partial charge is 0.348 e. The Morgan fingerprint density at radius 3 is 2.83 bits per heavy atom. The summed E-state index contributed by atoms with van der Waals surface area (Å²) in [5.74, 6) is -1.74. The number of aliphatic imine (C=N–C) groups is 1. The van der Waals surface area contributed by atoms with Crippen molar-refractivity contribution in [3.8, 4) is 0 Å². The lowest BCUT2D eigenvalue weighted by atomic mass is 10.1. The van der Waals surface area contributed by atoms with Gasteiger partial charge in [-0.15, -0.1) is 0 Å². The van der Waals surface area contributed by atoms with Crippen LogP contribution in [0.15, 0.2) is 16.8 Å². The van der Waals surface area contributed by atoms with Crippen LogP contribution < -0.4 is 0 Å². The summed E-state index contributed by atoms with van der Waals surface area (Å²) >= 11 is 0. The number of nitro groups is 1. The van der Waals surface area contributed by atoms with Crippen LogP contribution in [0.1, 0.15) is 33.1 Å². The number of ether oxygens (including phenoxy) is 1. The average Bonchev–Trinajstić information content (AvgIpc) is 2.24. The van der Waals surface area contributed by atoms with Gasteiger partial charge < -0.3 is 4.74 Å². The maximum absolute atomic E-state index is 11.4. The number of esters is 1. The molecule has 0 radical (unpaired) electrons. The van der Waals surface area contributed by atoms with Crippen LogP contribution >= 0.6 is 0 Å². The Hall–Kier alpha value is -2.05. The standard InChI is InChI=1S/C11H14N2O5/c1-3-4-5-9(14)18-8-6-7(2)12-11(15)10(8)13(16)17/h6,10H,3-5H2,1-2H3. The molecule has 0 aliphatic carbocycles. The van der Waals surface area contributed by atoms with Crippen molar-refractivity contribution in [2.75, 3.05) is 0 Å². The fraction of sp³-hybridized carbons (Fsp3) is 0.545. The maximum Gasteiger partial charge on any atom is 0.348 e. The molecule has 0 saturated heterocycles. The molecule has 0 fully saturated rings. The van der Waals surface area contributed by atoms with Crippen LogP contribution in [0.5, 0.6) is 0 Å². The van der Waals surface area contributed by atoms with Crippen molar-refractivity contribution in [3.05, 3.63) is 21.9 Å². The maximum atomic E-state index is 11.4. The van der Waals surface area contributed by atoms with Crippen molar-refractivity contribution in [3.63, 3.8) is 0 Å². The number of amides is 1. The van der Waals surface area contributed by atoms with Gasteiger partial charge in [0.2, 0.25) is 0 Å². The van der Waals surface area contributed by atoms with Crippen LogP contribution in [0.25, 0.3) is 0 Å². The van der Waals surface area contributed by atoms with Gasteiger partial charge in [-0.05, 0) is 13.3 Å². The fourth-order valence-corrected chi connectivity index (χ4v) is 1.46. The molecule has 1 unspecified atom stereocenters. The molecule has 0 saturated carbocycles. The SMILES string of the molecule is CCCCC(=O)OC1=CC(C)=NC(=O)C1[N+](=O)[O-]. The highest BCUT2D eigenvalue weighted by atomic mass is 16.6. The number of unbranched alkanes of at least 4 members (excludes halogenated alkanes) is 1. The fourth-order valence-electron chi connectivity index (χ4n) is 1.46. The molecule has 1 heterocycles. The zero-order valence-electron chi connectivity index (χ0n) is 10.2. The van der Waals surface area contributed by atoms with Crippen molar-refractivity contribution in [2.24, 2.45) is 4.99 Å². The molecular weight excluding hydrogens is 240 g/mol. The molecule has 98 valence electrons. The number of hydrogen-bond donors (Lipinski definition) is 0. The van der Waals surface area contributed by atoms with E-state index in [1.165, 1.54) is 13.0 Å². The molecule has 1 rings (SSSR count). The average molecular weight is 254 g/mol. The molecule has 0 aromatic carbocycles. The van der Waals surface area contributed by atoms with E-state index in [2.05, 4.69) is 4.99 Å². The lowest BCUT2D eigenvalue weighted by Gasteiger charge is -2.14. The second-order valence-electron chi connectivity index (χ2n) is 3.90. The van der Waals surface area contributed by atoms with Crippen LogP contribution in [0.2, 0.25) is 0 Å². The second-order valence-corrected chi connectivity index (χ2v) is 3.90. The first-order valence-corrected chi connectivity index (χ1v) is 5.60. The number of carbonyl (C=O) groups excluding carboxylic acids is 2. The van der Waals surface area contributed by atoms with Crippen molar-refractivity contribution in [1.29, 1.82) is 0 Å². The largest absolute Gasteiger partial charge is 0.423 e. The molecule has 0 aromatic rings. The van der Waals surface area contributed by atoms with E-state index in [4.69, 9.17) is 4.74 Å². The highest BCUT2D eigenvalue weighted by Gasteiger charge is 2.39. The van der Waals surface area contributed by atoms with E-state index in [1.54, 1.807) is 0 Å². The molecule has 0 bridgehead atoms. The van der Waals surface area contributed by atoms with E-state index in [0.717, 1.165) is 6.42 Å². The van der Waals surface area contributed by atoms with Gasteiger partial charge in [0.1, 0.15) is 0 Å². The lowest BCUT2D eigenvalue weighted by molar-refractivity contribution is -0.501. The summed E-state index contributed by atoms with van der Waals surface area (Å²) < 4.78 is 4.89. The minimum absolute atomic E-state index is 0.169. The van der Waals surface area contributed by atoms with Gasteiger partial charge in [0.15, 0.2) is 5.76 Å². The van der Waals surface area contributed by atoms with Gasteiger partial charge >= 0.3 is 17.9 Å². The first-order chi connectivity index (χ1) is 8.45. The highest BCUT2D eigenvalue weighted by Crippen LogP contribution is 2.16. The number of rotatable bonds is 5. The zero-order valence-corrected chi connectivity index (χ0v) is 10.2. The Labute approximate surface area is 104 Å². The zero-order chi connectivity index (χ0) is 13.7. The number of allylic oxidation sites excluding steroid dienone is 1. The van der Waals surface area contributed by atoms with Gasteiger partial charge in [0, 0.05) is 23.1 Å². The quantitative estimate of drug-likeness (QED) is 0.417. The summed E-state index contributed by atoms with van der Waals surface area (Å²) in [6, 6.07) is -1.71. The van der Waals surface area contributed by atoms with Crippen molar-refractivity contribution < 1.29 is 19.2 Å². The van der Waals surface area contributed by atoms with Gasteiger partial charge in [-0.25, -0.2) is 4.99 Å². The molecule has 7 heteroatoms. The van der Waals surface area contributed by atoms with E-state index in [0.29, 0.717) is 6.42 Å². The second kappa shape index (κ2) is 6.04. The normalized spacial score (nSPS) is 19.0. The third kappa shape index (κ3) is 3.47. The van der Waals surface area contributed by atoms with Gasteiger partial charge in [0.25, 0.3) is 0 Å². The Morgan fingerprint density at radius 2 is 2.28 bits per heavy atom. The summed E-state index contributed by atoms with van der Waals surface area (Å²) in [6.45, 7) is 3.42. The van der Waals surface area contributed by atoms with E-state index in [9.17, 15) is 19.7 Å². The van der Waals surface area contributed by atoms with E-state index in [1.807, 2.05) is 6.92 Å². The topological polar surface area (TPSA) is 98.9 Å². The van der Waals surface area contributed by atoms with Crippen molar-refractivity contribution >= 4 is 17.6 Å². The molecule has 0 aromatic heterocycles. The predicted molar refractivity (Wildman–Crippen MR) is 62.6 cm³/mol. The third-order valence-electron chi connectivity index (χ3n) is 2.32. The van der Waals surface area contributed by atoms with E-state index >= 15 is 0 Å². The monoisotopic (exact) mass is 254 g/mol. The minimum Gasteiger partial charge on any atom is -0.423 e. The minimum atomic E-state index is -1.71. The Bertz CT molecular complexity index is 439. The van der Waals surface area contributed by atoms with Gasteiger partial charge in [-0.3, -0.25) is 19.7 Å². The van der Waals surface area contributed by atoms with Crippen LogP contribution in [0, 0.1) is 10.1 Å². The first-order valence-electron chi connectivity index (χ1n) is 5.60. The first kappa shape index (κ1) is 14.0. The van der Waals surface area contributed by atoms with Crippen LogP contribution in [0.3, 0.4) is 0 Å². The molecule has 7 nitrogen and oxygen atoms in total. The number of nitrogens with zero attached hydrogens (tertiary/aromatic N) is 2. The Morgan fingerprint density at radius 1 is 1.61 bits per heavy atom. The van der Waals surface area contributed by atoms with Crippen LogP contribution in [-0.4, -0.2) is 28.6 Å². The van der Waals surface area contributed by atoms with Crippen molar-refractivity contribution in [1.82, 2.24) is 0 Å². The molecule has 0 spiro atoms. The van der Waals surface area contributed by atoms with Crippen molar-refractivity contribution in [2.45, 2.75) is 39.2 Å². The molecule has 18 heavy (non-hydrogen) atoms. The van der Waals surface area contributed by atoms with Gasteiger partial charge in [0.05, 0.1) is 0 Å². The lowest BCUT2D eigenvalue weighted by Crippen LogP contribution is -2.35. The molecule has 1 amide bonds. The third-order valence-corrected chi connectivity index (χ3v) is 2.32. The molecule has 1 aliphatic rings. The van der Waals surface area contributed by atoms with Crippen LogP contribution in [-0.2, 0) is 14.3 Å². The molecule has 1 aliphatic heterocycles. The highest BCUT2D eigenvalue weighted by molar-refractivity contribution is 6.06. The molecular formula is C11H14N2O5. The van der Waals surface area contributed by atoms with Crippen LogP contribution in [0.4, 0.5) is 0 Å². The van der Waals surface area contributed by atoms with E-state index in [-0.39, 0.29) is 17.9 Å². The summed E-state index contributed by atoms with van der Waals surface area (Å²) in [6.07, 6.45) is 2.86. The molecule has 0 N–H and O–H groups in total. The van der Waals surface area contributed by atoms with E-state index < -0.39 is 22.8 Å². The van der Waals surface area contributed by atoms with Gasteiger partial charge in [-0.1, -0.05) is 13.3 Å².